The van der Waals surface area contributed by atoms with Crippen molar-refractivity contribution in [3.63, 3.8) is 0 Å². The molecule has 152 valence electrons. The minimum Gasteiger partial charge on any atom is -0.370 e. The molecular weight excluding hydrogens is 399 g/mol. The first-order chi connectivity index (χ1) is 14.4. The third-order valence-electron chi connectivity index (χ3n) is 5.34. The molecule has 1 aromatic heterocycles. The summed E-state index contributed by atoms with van der Waals surface area (Å²) in [5, 5.41) is 7.25. The van der Waals surface area contributed by atoms with Gasteiger partial charge in [0, 0.05) is 28.9 Å². The molecule has 1 heterocycles. The molecule has 1 aliphatic rings. The Morgan fingerprint density at radius 2 is 1.73 bits per heavy atom. The van der Waals surface area contributed by atoms with E-state index in [1.54, 1.807) is 0 Å². The fourth-order valence-electron chi connectivity index (χ4n) is 3.75. The molecule has 3 aromatic rings. The Kier molecular flexibility index (Phi) is 5.55. The predicted octanol–water partition coefficient (Wildman–Crippen LogP) is 6.62. The third kappa shape index (κ3) is 3.94. The first-order valence-electron chi connectivity index (χ1n) is 9.71. The number of allylic oxidation sites excluding steroid dienone is 2. The Hall–Kier alpha value is -3.18. The van der Waals surface area contributed by atoms with Crippen molar-refractivity contribution in [3.8, 4) is 0 Å². The Balaban J connectivity index is 1.45. The van der Waals surface area contributed by atoms with Gasteiger partial charge in [-0.2, -0.15) is 0 Å². The summed E-state index contributed by atoms with van der Waals surface area (Å²) in [5.74, 6) is 1.19. The van der Waals surface area contributed by atoms with Gasteiger partial charge in [0.05, 0.1) is 0 Å². The van der Waals surface area contributed by atoms with Crippen LogP contribution >= 0.6 is 11.6 Å². The van der Waals surface area contributed by atoms with Crippen molar-refractivity contribution in [2.45, 2.75) is 20.3 Å². The van der Waals surface area contributed by atoms with Gasteiger partial charge in [-0.25, -0.2) is 14.4 Å². The molecule has 0 spiro atoms. The van der Waals surface area contributed by atoms with Gasteiger partial charge in [-0.05, 0) is 78.4 Å². The van der Waals surface area contributed by atoms with Crippen molar-refractivity contribution in [2.24, 2.45) is 0 Å². The number of hydrogen-bond donors (Lipinski definition) is 2. The summed E-state index contributed by atoms with van der Waals surface area (Å²) in [4.78, 5) is 8.55. The molecule has 2 N–H and O–H groups in total. The fraction of sp³-hybridized carbons (Fsp3) is 0.167. The molecule has 4 rings (SSSR count). The number of rotatable bonds is 6. The third-order valence-corrected chi connectivity index (χ3v) is 5.59. The van der Waals surface area contributed by atoms with Crippen molar-refractivity contribution >= 4 is 40.1 Å². The van der Waals surface area contributed by atoms with Gasteiger partial charge in [-0.1, -0.05) is 24.2 Å². The fourth-order valence-corrected chi connectivity index (χ4v) is 3.88. The van der Waals surface area contributed by atoms with E-state index in [1.165, 1.54) is 12.4 Å². The summed E-state index contributed by atoms with van der Waals surface area (Å²) in [6.07, 6.45) is 2.25. The molecule has 0 aliphatic heterocycles. The van der Waals surface area contributed by atoms with Crippen LogP contribution in [0.2, 0.25) is 5.02 Å². The highest BCUT2D eigenvalue weighted by molar-refractivity contribution is 6.30. The van der Waals surface area contributed by atoms with Crippen LogP contribution in [0.15, 0.2) is 60.9 Å². The maximum atomic E-state index is 14.4. The molecule has 0 unspecified atom stereocenters. The van der Waals surface area contributed by atoms with Crippen molar-refractivity contribution in [2.75, 3.05) is 17.2 Å². The monoisotopic (exact) mass is 420 g/mol. The zero-order valence-corrected chi connectivity index (χ0v) is 17.6. The average molecular weight is 421 g/mol. The standard InChI is InChI=1S/C24H22ClFN4/c1-14-4-9-20(26)24-16(3)15(2)19(23(14)24)10-11-27-21-12-22(29-13-28-21)30-18-7-5-17(25)6-8-18/h4-9,12-13H,3,10-11H2,1-2H3,(H2,27,28,29,30). The first-order valence-corrected chi connectivity index (χ1v) is 10.1. The summed E-state index contributed by atoms with van der Waals surface area (Å²) in [6, 6.07) is 12.6. The van der Waals surface area contributed by atoms with Crippen LogP contribution in [-0.2, 0) is 0 Å². The van der Waals surface area contributed by atoms with Crippen molar-refractivity contribution in [1.82, 2.24) is 9.97 Å². The van der Waals surface area contributed by atoms with E-state index in [9.17, 15) is 4.39 Å². The average Bonchev–Trinajstić information content (AvgIpc) is 2.99. The number of nitrogens with zero attached hydrogens (tertiary/aromatic N) is 2. The number of hydrogen-bond acceptors (Lipinski definition) is 4. The van der Waals surface area contributed by atoms with Crippen LogP contribution in [0, 0.1) is 12.7 Å². The van der Waals surface area contributed by atoms with E-state index in [-0.39, 0.29) is 5.82 Å². The lowest BCUT2D eigenvalue weighted by Crippen LogP contribution is -2.06. The second kappa shape index (κ2) is 8.28. The molecule has 2 aromatic carbocycles. The van der Waals surface area contributed by atoms with Gasteiger partial charge in [0.2, 0.25) is 0 Å². The van der Waals surface area contributed by atoms with Crippen LogP contribution in [-0.4, -0.2) is 16.5 Å². The van der Waals surface area contributed by atoms with E-state index in [1.807, 2.05) is 50.2 Å². The number of fused-ring (bicyclic) bond motifs is 1. The molecule has 0 saturated heterocycles. The SMILES string of the molecule is C=C1C(C)=C(CCNc2cc(Nc3ccc(Cl)cc3)ncn2)c2c(C)ccc(F)c21. The number of anilines is 3. The Bertz CT molecular complexity index is 1150. The Morgan fingerprint density at radius 1 is 1.00 bits per heavy atom. The molecule has 4 nitrogen and oxygen atoms in total. The maximum Gasteiger partial charge on any atom is 0.135 e. The van der Waals surface area contributed by atoms with Gasteiger partial charge < -0.3 is 10.6 Å². The van der Waals surface area contributed by atoms with Crippen LogP contribution in [0.5, 0.6) is 0 Å². The van der Waals surface area contributed by atoms with Crippen LogP contribution in [0.4, 0.5) is 21.7 Å². The normalized spacial score (nSPS) is 12.9. The number of aromatic nitrogens is 2. The predicted molar refractivity (Wildman–Crippen MR) is 123 cm³/mol. The van der Waals surface area contributed by atoms with Gasteiger partial charge in [-0.3, -0.25) is 0 Å². The second-order valence-corrected chi connectivity index (χ2v) is 7.73. The number of halogens is 2. The van der Waals surface area contributed by atoms with Crippen molar-refractivity contribution in [1.29, 1.82) is 0 Å². The van der Waals surface area contributed by atoms with E-state index in [0.717, 1.165) is 40.0 Å². The van der Waals surface area contributed by atoms with Gasteiger partial charge in [0.15, 0.2) is 0 Å². The molecule has 30 heavy (non-hydrogen) atoms. The van der Waals surface area contributed by atoms with Gasteiger partial charge in [-0.15, -0.1) is 0 Å². The van der Waals surface area contributed by atoms with E-state index >= 15 is 0 Å². The van der Waals surface area contributed by atoms with Crippen LogP contribution in [0.3, 0.4) is 0 Å². The van der Waals surface area contributed by atoms with E-state index in [2.05, 4.69) is 27.2 Å². The summed E-state index contributed by atoms with van der Waals surface area (Å²) in [5.41, 5.74) is 6.53. The van der Waals surface area contributed by atoms with Crippen molar-refractivity contribution < 1.29 is 4.39 Å². The minimum atomic E-state index is -0.211. The lowest BCUT2D eigenvalue weighted by Gasteiger charge is -2.12. The second-order valence-electron chi connectivity index (χ2n) is 7.29. The highest BCUT2D eigenvalue weighted by Crippen LogP contribution is 2.44. The molecule has 0 bridgehead atoms. The van der Waals surface area contributed by atoms with Gasteiger partial charge in [0.25, 0.3) is 0 Å². The topological polar surface area (TPSA) is 49.8 Å². The molecule has 0 fully saturated rings. The molecule has 0 saturated carbocycles. The maximum absolute atomic E-state index is 14.4. The van der Waals surface area contributed by atoms with E-state index < -0.39 is 0 Å². The zero-order valence-electron chi connectivity index (χ0n) is 16.9. The highest BCUT2D eigenvalue weighted by atomic mass is 35.5. The summed E-state index contributed by atoms with van der Waals surface area (Å²) in [6.45, 7) is 8.78. The summed E-state index contributed by atoms with van der Waals surface area (Å²) < 4.78 is 14.4. The van der Waals surface area contributed by atoms with Crippen LogP contribution in [0.25, 0.3) is 11.1 Å². The molecule has 0 atom stereocenters. The van der Waals surface area contributed by atoms with Crippen LogP contribution in [0.1, 0.15) is 30.0 Å². The lowest BCUT2D eigenvalue weighted by atomic mass is 9.97. The quantitative estimate of drug-likeness (QED) is 0.470. The van der Waals surface area contributed by atoms with Gasteiger partial charge in [0.1, 0.15) is 23.8 Å². The Labute approximate surface area is 180 Å². The largest absolute Gasteiger partial charge is 0.370 e. The molecule has 6 heteroatoms. The minimum absolute atomic E-state index is 0.211. The first kappa shape index (κ1) is 20.1. The Morgan fingerprint density at radius 3 is 2.50 bits per heavy atom. The smallest absolute Gasteiger partial charge is 0.135 e. The molecule has 0 amide bonds. The summed E-state index contributed by atoms with van der Waals surface area (Å²) in [7, 11) is 0. The molecular formula is C24H22ClFN4. The molecule has 0 radical (unpaired) electrons. The highest BCUT2D eigenvalue weighted by Gasteiger charge is 2.26. The number of aryl methyl sites for hydroxylation is 1. The summed E-state index contributed by atoms with van der Waals surface area (Å²) >= 11 is 5.93. The van der Waals surface area contributed by atoms with Crippen molar-refractivity contribution in [3.05, 3.63) is 88.5 Å². The number of nitrogens with one attached hydrogen (secondary N) is 2. The lowest BCUT2D eigenvalue weighted by molar-refractivity contribution is 0.623. The molecule has 1 aliphatic carbocycles. The van der Waals surface area contributed by atoms with E-state index in [0.29, 0.717) is 28.8 Å². The number of benzene rings is 2. The zero-order chi connectivity index (χ0) is 21.3. The van der Waals surface area contributed by atoms with Crippen LogP contribution < -0.4 is 10.6 Å². The van der Waals surface area contributed by atoms with E-state index in [4.69, 9.17) is 11.6 Å². The van der Waals surface area contributed by atoms with Gasteiger partial charge >= 0.3 is 0 Å².